The number of halogens is 3. The van der Waals surface area contributed by atoms with E-state index >= 15 is 0 Å². The highest BCUT2D eigenvalue weighted by Crippen LogP contribution is 2.32. The number of nitrogens with zero attached hydrogens (tertiary/aromatic N) is 3. The highest BCUT2D eigenvalue weighted by molar-refractivity contribution is 7.89. The van der Waals surface area contributed by atoms with Gasteiger partial charge in [-0.2, -0.15) is 17.5 Å². The minimum Gasteiger partial charge on any atom is -0.473 e. The lowest BCUT2D eigenvalue weighted by molar-refractivity contribution is -0.137. The number of fused-ring (bicyclic) bond motifs is 1. The second-order valence-corrected chi connectivity index (χ2v) is 8.88. The number of piperidine rings is 1. The van der Waals surface area contributed by atoms with Crippen molar-refractivity contribution in [2.75, 3.05) is 13.1 Å². The summed E-state index contributed by atoms with van der Waals surface area (Å²) in [6.45, 7) is 0.286. The van der Waals surface area contributed by atoms with E-state index in [2.05, 4.69) is 9.97 Å². The Morgan fingerprint density at radius 1 is 1.00 bits per heavy atom. The Morgan fingerprint density at radius 2 is 1.70 bits per heavy atom. The molecule has 0 N–H and O–H groups in total. The van der Waals surface area contributed by atoms with Crippen LogP contribution in [0.4, 0.5) is 13.2 Å². The lowest BCUT2D eigenvalue weighted by Crippen LogP contribution is -2.41. The number of benzene rings is 2. The van der Waals surface area contributed by atoms with Gasteiger partial charge in [-0.1, -0.05) is 18.2 Å². The van der Waals surface area contributed by atoms with Gasteiger partial charge in [0.25, 0.3) is 0 Å². The average molecular weight is 437 g/mol. The predicted molar refractivity (Wildman–Crippen MR) is 103 cm³/mol. The summed E-state index contributed by atoms with van der Waals surface area (Å²) in [5.74, 6) is 0.355. The normalized spacial score (nSPS) is 16.6. The third-order valence-electron chi connectivity index (χ3n) is 4.91. The summed E-state index contributed by atoms with van der Waals surface area (Å²) >= 11 is 0. The number of alkyl halides is 3. The highest BCUT2D eigenvalue weighted by Gasteiger charge is 2.34. The van der Waals surface area contributed by atoms with Crippen molar-refractivity contribution >= 4 is 21.1 Å². The number of rotatable bonds is 4. The summed E-state index contributed by atoms with van der Waals surface area (Å²) in [4.78, 5) is 8.31. The quantitative estimate of drug-likeness (QED) is 0.620. The van der Waals surface area contributed by atoms with Crippen molar-refractivity contribution in [3.05, 3.63) is 60.3 Å². The van der Waals surface area contributed by atoms with Crippen LogP contribution in [0.25, 0.3) is 11.0 Å². The fraction of sp³-hybridized carbons (Fsp3) is 0.300. The Bertz CT molecular complexity index is 1160. The Kier molecular flexibility index (Phi) is 5.37. The van der Waals surface area contributed by atoms with Crippen molar-refractivity contribution in [3.8, 4) is 5.88 Å². The lowest BCUT2D eigenvalue weighted by Gasteiger charge is -2.31. The monoisotopic (exact) mass is 437 g/mol. The highest BCUT2D eigenvalue weighted by atomic mass is 32.2. The minimum absolute atomic E-state index is 0.143. The van der Waals surface area contributed by atoms with E-state index in [9.17, 15) is 21.6 Å². The molecule has 0 spiro atoms. The van der Waals surface area contributed by atoms with Crippen LogP contribution >= 0.6 is 0 Å². The fourth-order valence-electron chi connectivity index (χ4n) is 3.34. The summed E-state index contributed by atoms with van der Waals surface area (Å²) in [6.07, 6.45) is -2.55. The molecule has 0 bridgehead atoms. The van der Waals surface area contributed by atoms with Gasteiger partial charge in [-0.15, -0.1) is 0 Å². The van der Waals surface area contributed by atoms with Crippen molar-refractivity contribution in [1.82, 2.24) is 14.3 Å². The van der Waals surface area contributed by atoms with Crippen LogP contribution in [0.1, 0.15) is 18.4 Å². The number of sulfonamides is 1. The zero-order valence-electron chi connectivity index (χ0n) is 15.7. The van der Waals surface area contributed by atoms with Crippen molar-refractivity contribution < 1.29 is 26.3 Å². The second kappa shape index (κ2) is 7.84. The van der Waals surface area contributed by atoms with Gasteiger partial charge >= 0.3 is 6.18 Å². The molecule has 1 aromatic heterocycles. The Hall–Kier alpha value is -2.72. The van der Waals surface area contributed by atoms with E-state index in [4.69, 9.17) is 4.74 Å². The molecule has 1 fully saturated rings. The van der Waals surface area contributed by atoms with Crippen molar-refractivity contribution in [3.63, 3.8) is 0 Å². The van der Waals surface area contributed by atoms with Gasteiger partial charge in [0.2, 0.25) is 15.9 Å². The molecule has 0 atom stereocenters. The molecule has 0 amide bonds. The van der Waals surface area contributed by atoms with Gasteiger partial charge in [0.05, 0.1) is 27.7 Å². The Balaban J connectivity index is 1.43. The molecule has 0 radical (unpaired) electrons. The smallest absolute Gasteiger partial charge is 0.416 e. The maximum absolute atomic E-state index is 12.9. The minimum atomic E-state index is -4.60. The first-order valence-corrected chi connectivity index (χ1v) is 10.7. The van der Waals surface area contributed by atoms with Gasteiger partial charge in [0, 0.05) is 13.1 Å². The first-order valence-electron chi connectivity index (χ1n) is 9.29. The van der Waals surface area contributed by atoms with Crippen LogP contribution in [-0.2, 0) is 16.2 Å². The molecule has 1 aliphatic heterocycles. The van der Waals surface area contributed by atoms with E-state index < -0.39 is 21.8 Å². The molecule has 1 saturated heterocycles. The fourth-order valence-corrected chi connectivity index (χ4v) is 4.86. The largest absolute Gasteiger partial charge is 0.473 e. The van der Waals surface area contributed by atoms with Crippen LogP contribution < -0.4 is 4.74 Å². The van der Waals surface area contributed by atoms with Gasteiger partial charge in [0.15, 0.2) is 0 Å². The first kappa shape index (κ1) is 20.5. The van der Waals surface area contributed by atoms with E-state index in [1.807, 2.05) is 24.3 Å². The molecular weight excluding hydrogens is 419 g/mol. The molecule has 0 unspecified atom stereocenters. The molecule has 6 nitrogen and oxygen atoms in total. The predicted octanol–water partition coefficient (Wildman–Crippen LogP) is 3.88. The number of hydrogen-bond acceptors (Lipinski definition) is 5. The van der Waals surface area contributed by atoms with Gasteiger partial charge < -0.3 is 4.74 Å². The molecular formula is C20H18F3N3O3S. The maximum Gasteiger partial charge on any atom is 0.416 e. The van der Waals surface area contributed by atoms with E-state index in [0.29, 0.717) is 30.3 Å². The van der Waals surface area contributed by atoms with Crippen molar-refractivity contribution in [1.29, 1.82) is 0 Å². The number of ether oxygens (including phenoxy) is 1. The summed E-state index contributed by atoms with van der Waals surface area (Å²) in [6, 6.07) is 11.2. The standard InChI is InChI=1S/C20H18F3N3O3S/c21-20(22,23)14-4-3-5-16(12-14)30(27,28)26-10-8-15(9-11-26)29-19-13-24-17-6-1-2-7-18(17)25-19/h1-7,12-13,15H,8-11H2. The molecule has 0 saturated carbocycles. The molecule has 3 aromatic rings. The Morgan fingerprint density at radius 3 is 2.40 bits per heavy atom. The van der Waals surface area contributed by atoms with Gasteiger partial charge in [-0.3, -0.25) is 0 Å². The summed E-state index contributed by atoms with van der Waals surface area (Å²) in [5.41, 5.74) is 0.447. The first-order chi connectivity index (χ1) is 14.2. The van der Waals surface area contributed by atoms with Crippen LogP contribution in [0.5, 0.6) is 5.88 Å². The second-order valence-electron chi connectivity index (χ2n) is 6.94. The van der Waals surface area contributed by atoms with Crippen LogP contribution in [0.15, 0.2) is 59.6 Å². The third kappa shape index (κ3) is 4.24. The molecule has 1 aliphatic rings. The zero-order chi connectivity index (χ0) is 21.4. The average Bonchev–Trinajstić information content (AvgIpc) is 2.73. The topological polar surface area (TPSA) is 72.4 Å². The van der Waals surface area contributed by atoms with Crippen molar-refractivity contribution in [2.24, 2.45) is 0 Å². The van der Waals surface area contributed by atoms with Gasteiger partial charge in [-0.25, -0.2) is 18.4 Å². The van der Waals surface area contributed by atoms with E-state index in [-0.39, 0.29) is 24.1 Å². The Labute approximate surface area is 171 Å². The maximum atomic E-state index is 12.9. The number of hydrogen-bond donors (Lipinski definition) is 0. The van der Waals surface area contributed by atoms with Gasteiger partial charge in [-0.05, 0) is 43.2 Å². The molecule has 2 heterocycles. The van der Waals surface area contributed by atoms with Crippen LogP contribution in [-0.4, -0.2) is 41.9 Å². The van der Waals surface area contributed by atoms with Crippen molar-refractivity contribution in [2.45, 2.75) is 30.0 Å². The molecule has 0 aliphatic carbocycles. The molecule has 10 heteroatoms. The van der Waals surface area contributed by atoms with Crippen LogP contribution in [0.3, 0.4) is 0 Å². The summed E-state index contributed by atoms with van der Waals surface area (Å²) in [7, 11) is -4.02. The molecule has 158 valence electrons. The third-order valence-corrected chi connectivity index (χ3v) is 6.81. The van der Waals surface area contributed by atoms with E-state index in [0.717, 1.165) is 17.6 Å². The lowest BCUT2D eigenvalue weighted by atomic mass is 10.1. The zero-order valence-corrected chi connectivity index (χ0v) is 16.5. The number of para-hydroxylation sites is 2. The van der Waals surface area contributed by atoms with Crippen LogP contribution in [0, 0.1) is 0 Å². The SMILES string of the molecule is O=S(=O)(c1cccc(C(F)(F)F)c1)N1CCC(Oc2cnc3ccccc3n2)CC1. The van der Waals surface area contributed by atoms with Crippen LogP contribution in [0.2, 0.25) is 0 Å². The van der Waals surface area contributed by atoms with E-state index in [1.165, 1.54) is 16.6 Å². The summed E-state index contributed by atoms with van der Waals surface area (Å²) < 4.78 is 71.3. The summed E-state index contributed by atoms with van der Waals surface area (Å²) in [5, 5.41) is 0. The van der Waals surface area contributed by atoms with E-state index in [1.54, 1.807) is 0 Å². The van der Waals surface area contributed by atoms with Gasteiger partial charge in [0.1, 0.15) is 6.10 Å². The number of aromatic nitrogens is 2. The molecule has 2 aromatic carbocycles. The molecule has 4 rings (SSSR count). The molecule has 30 heavy (non-hydrogen) atoms.